The van der Waals surface area contributed by atoms with E-state index in [9.17, 15) is 0 Å². The molecule has 0 saturated carbocycles. The van der Waals surface area contributed by atoms with Crippen molar-refractivity contribution in [2.45, 2.75) is 19.5 Å². The Kier molecular flexibility index (Phi) is 3.45. The quantitative estimate of drug-likeness (QED) is 0.681. The molecule has 120 valence electrons. The lowest BCUT2D eigenvalue weighted by molar-refractivity contribution is 0.195. The lowest BCUT2D eigenvalue weighted by Crippen LogP contribution is -2.59. The van der Waals surface area contributed by atoms with E-state index >= 15 is 0 Å². The highest BCUT2D eigenvalue weighted by molar-refractivity contribution is 5.47. The number of aromatic nitrogens is 6. The van der Waals surface area contributed by atoms with Crippen LogP contribution < -0.4 is 4.90 Å². The molecule has 1 aliphatic heterocycles. The van der Waals surface area contributed by atoms with Crippen LogP contribution in [0.3, 0.4) is 0 Å². The van der Waals surface area contributed by atoms with E-state index in [1.807, 2.05) is 23.0 Å². The van der Waals surface area contributed by atoms with Gasteiger partial charge in [0.2, 0.25) is 0 Å². The first-order chi connectivity index (χ1) is 11.2. The van der Waals surface area contributed by atoms with Crippen molar-refractivity contribution < 1.29 is 0 Å². The Bertz CT molecular complexity index is 801. The van der Waals surface area contributed by atoms with Crippen LogP contribution in [0.5, 0.6) is 0 Å². The molecule has 0 N–H and O–H groups in total. The standard InChI is InChI=1S/C15H20N8/c1-12-7-17-22(8-12)6-5-20(2)13-9-21(10-13)15-4-3-14-18-16-11-23(14)19-15/h3-4,7-8,11,13H,5-6,9-10H2,1-2H3. The second-order valence-electron chi connectivity index (χ2n) is 6.15. The van der Waals surface area contributed by atoms with Crippen LogP contribution in [0, 0.1) is 6.92 Å². The minimum absolute atomic E-state index is 0.560. The van der Waals surface area contributed by atoms with E-state index in [2.05, 4.69) is 50.4 Å². The molecule has 4 rings (SSSR count). The summed E-state index contributed by atoms with van der Waals surface area (Å²) in [5, 5.41) is 16.7. The number of likely N-dealkylation sites (N-methyl/N-ethyl adjacent to an activating group) is 1. The molecule has 8 nitrogen and oxygen atoms in total. The van der Waals surface area contributed by atoms with Gasteiger partial charge < -0.3 is 4.90 Å². The van der Waals surface area contributed by atoms with Crippen LogP contribution in [0.4, 0.5) is 5.82 Å². The van der Waals surface area contributed by atoms with Gasteiger partial charge in [-0.15, -0.1) is 15.3 Å². The third-order valence-electron chi connectivity index (χ3n) is 4.40. The van der Waals surface area contributed by atoms with Crippen LogP contribution in [0.1, 0.15) is 5.56 Å². The minimum Gasteiger partial charge on any atom is -0.352 e. The molecule has 8 heteroatoms. The second kappa shape index (κ2) is 5.62. The molecule has 1 saturated heterocycles. The van der Waals surface area contributed by atoms with Gasteiger partial charge in [0.25, 0.3) is 0 Å². The Morgan fingerprint density at radius 2 is 2.17 bits per heavy atom. The summed E-state index contributed by atoms with van der Waals surface area (Å²) in [6.07, 6.45) is 5.62. The zero-order valence-corrected chi connectivity index (χ0v) is 13.4. The van der Waals surface area contributed by atoms with Gasteiger partial charge in [0, 0.05) is 31.9 Å². The molecular formula is C15H20N8. The van der Waals surface area contributed by atoms with Gasteiger partial charge in [0.15, 0.2) is 5.65 Å². The predicted octanol–water partition coefficient (Wildman–Crippen LogP) is 0.450. The van der Waals surface area contributed by atoms with Gasteiger partial charge >= 0.3 is 0 Å². The van der Waals surface area contributed by atoms with E-state index in [1.54, 1.807) is 10.8 Å². The summed E-state index contributed by atoms with van der Waals surface area (Å²) in [5.41, 5.74) is 1.98. The van der Waals surface area contributed by atoms with Crippen molar-refractivity contribution in [3.8, 4) is 0 Å². The number of anilines is 1. The van der Waals surface area contributed by atoms with Gasteiger partial charge in [0.05, 0.1) is 12.7 Å². The highest BCUT2D eigenvalue weighted by Gasteiger charge is 2.30. The number of aryl methyl sites for hydroxylation is 1. The summed E-state index contributed by atoms with van der Waals surface area (Å²) in [7, 11) is 2.18. The molecule has 0 spiro atoms. The van der Waals surface area contributed by atoms with E-state index in [0.29, 0.717) is 6.04 Å². The molecule has 0 bridgehead atoms. The zero-order valence-electron chi connectivity index (χ0n) is 13.4. The molecule has 3 aromatic heterocycles. The number of nitrogens with zero attached hydrogens (tertiary/aromatic N) is 8. The van der Waals surface area contributed by atoms with Gasteiger partial charge in [-0.25, -0.2) is 0 Å². The third-order valence-corrected chi connectivity index (χ3v) is 4.40. The van der Waals surface area contributed by atoms with Crippen molar-refractivity contribution in [1.29, 1.82) is 0 Å². The molecule has 0 aromatic carbocycles. The molecule has 0 radical (unpaired) electrons. The Hall–Kier alpha value is -2.48. The SMILES string of the molecule is Cc1cnn(CCN(C)C2CN(c3ccc4nncn4n3)C2)c1. The maximum atomic E-state index is 4.53. The topological polar surface area (TPSA) is 67.4 Å². The molecule has 0 amide bonds. The maximum Gasteiger partial charge on any atom is 0.177 e. The fourth-order valence-corrected chi connectivity index (χ4v) is 2.84. The molecule has 1 fully saturated rings. The van der Waals surface area contributed by atoms with Crippen molar-refractivity contribution in [3.63, 3.8) is 0 Å². The number of hydrogen-bond acceptors (Lipinski definition) is 6. The molecule has 1 aliphatic rings. The van der Waals surface area contributed by atoms with Crippen molar-refractivity contribution in [2.75, 3.05) is 31.6 Å². The summed E-state index contributed by atoms with van der Waals surface area (Å²) < 4.78 is 3.72. The lowest BCUT2D eigenvalue weighted by atomic mass is 10.1. The largest absolute Gasteiger partial charge is 0.352 e. The van der Waals surface area contributed by atoms with Crippen LogP contribution in [-0.4, -0.2) is 67.2 Å². The zero-order chi connectivity index (χ0) is 15.8. The first-order valence-corrected chi connectivity index (χ1v) is 7.80. The minimum atomic E-state index is 0.560. The molecule has 23 heavy (non-hydrogen) atoms. The Morgan fingerprint density at radius 3 is 2.96 bits per heavy atom. The third kappa shape index (κ3) is 2.77. The van der Waals surface area contributed by atoms with Crippen molar-refractivity contribution >= 4 is 11.5 Å². The Balaban J connectivity index is 1.31. The van der Waals surface area contributed by atoms with E-state index in [-0.39, 0.29) is 0 Å². The lowest BCUT2D eigenvalue weighted by Gasteiger charge is -2.44. The number of hydrogen-bond donors (Lipinski definition) is 0. The maximum absolute atomic E-state index is 4.53. The van der Waals surface area contributed by atoms with Crippen LogP contribution >= 0.6 is 0 Å². The van der Waals surface area contributed by atoms with Crippen LogP contribution in [0.15, 0.2) is 30.9 Å². The highest BCUT2D eigenvalue weighted by atomic mass is 15.4. The van der Waals surface area contributed by atoms with Gasteiger partial charge in [-0.3, -0.25) is 9.58 Å². The van der Waals surface area contributed by atoms with Crippen LogP contribution in [0.25, 0.3) is 5.65 Å². The Morgan fingerprint density at radius 1 is 1.30 bits per heavy atom. The van der Waals surface area contributed by atoms with Crippen LogP contribution in [-0.2, 0) is 6.54 Å². The smallest absolute Gasteiger partial charge is 0.177 e. The van der Waals surface area contributed by atoms with E-state index < -0.39 is 0 Å². The van der Waals surface area contributed by atoms with E-state index in [4.69, 9.17) is 0 Å². The summed E-state index contributed by atoms with van der Waals surface area (Å²) in [6.45, 7) is 5.98. The van der Waals surface area contributed by atoms with Crippen molar-refractivity contribution in [3.05, 3.63) is 36.4 Å². The summed E-state index contributed by atoms with van der Waals surface area (Å²) in [6, 6.07) is 4.52. The van der Waals surface area contributed by atoms with Gasteiger partial charge in [-0.2, -0.15) is 9.61 Å². The molecule has 3 aromatic rings. The molecule has 0 atom stereocenters. The summed E-state index contributed by atoms with van der Waals surface area (Å²) >= 11 is 0. The predicted molar refractivity (Wildman–Crippen MR) is 86.4 cm³/mol. The monoisotopic (exact) mass is 312 g/mol. The average Bonchev–Trinajstić information content (AvgIpc) is 3.11. The highest BCUT2D eigenvalue weighted by Crippen LogP contribution is 2.21. The molecule has 0 unspecified atom stereocenters. The molecule has 4 heterocycles. The van der Waals surface area contributed by atoms with Crippen molar-refractivity contribution in [1.82, 2.24) is 34.5 Å². The summed E-state index contributed by atoms with van der Waals surface area (Å²) in [4.78, 5) is 4.67. The van der Waals surface area contributed by atoms with Crippen molar-refractivity contribution in [2.24, 2.45) is 0 Å². The number of fused-ring (bicyclic) bond motifs is 1. The fraction of sp³-hybridized carbons (Fsp3) is 0.467. The molecular weight excluding hydrogens is 292 g/mol. The van der Waals surface area contributed by atoms with Gasteiger partial charge in [-0.1, -0.05) is 0 Å². The molecule has 0 aliphatic carbocycles. The van der Waals surface area contributed by atoms with Gasteiger partial charge in [0.1, 0.15) is 12.1 Å². The summed E-state index contributed by atoms with van der Waals surface area (Å²) in [5.74, 6) is 0.977. The normalized spacial score (nSPS) is 15.5. The fourth-order valence-electron chi connectivity index (χ4n) is 2.84. The van der Waals surface area contributed by atoms with E-state index in [1.165, 1.54) is 5.56 Å². The first kappa shape index (κ1) is 14.1. The van der Waals surface area contributed by atoms with Gasteiger partial charge in [-0.05, 0) is 31.7 Å². The van der Waals surface area contributed by atoms with E-state index in [0.717, 1.165) is 37.6 Å². The first-order valence-electron chi connectivity index (χ1n) is 7.80. The number of rotatable bonds is 5. The average molecular weight is 312 g/mol. The second-order valence-corrected chi connectivity index (χ2v) is 6.15. The Labute approximate surface area is 134 Å². The van der Waals surface area contributed by atoms with Crippen LogP contribution in [0.2, 0.25) is 0 Å².